The van der Waals surface area contributed by atoms with E-state index in [0.29, 0.717) is 38.4 Å². The van der Waals surface area contributed by atoms with Crippen LogP contribution in [-0.4, -0.2) is 62.9 Å². The number of likely N-dealkylation sites (tertiary alicyclic amines) is 1. The summed E-state index contributed by atoms with van der Waals surface area (Å²) in [5, 5.41) is 2.91. The van der Waals surface area contributed by atoms with Gasteiger partial charge in [-0.1, -0.05) is 30.3 Å². The highest BCUT2D eigenvalue weighted by Gasteiger charge is 2.26. The number of rotatable bonds is 7. The molecule has 4 rings (SSSR count). The Balaban J connectivity index is 1.39. The summed E-state index contributed by atoms with van der Waals surface area (Å²) in [5.41, 5.74) is 2.61. The average molecular weight is 444 g/mol. The van der Waals surface area contributed by atoms with Crippen molar-refractivity contribution in [2.75, 3.05) is 39.4 Å². The first-order valence-electron chi connectivity index (χ1n) is 10.8. The van der Waals surface area contributed by atoms with Gasteiger partial charge in [-0.2, -0.15) is 4.31 Å². The van der Waals surface area contributed by atoms with Gasteiger partial charge in [0.2, 0.25) is 10.0 Å². The van der Waals surface area contributed by atoms with Crippen LogP contribution in [0.25, 0.3) is 0 Å². The van der Waals surface area contributed by atoms with Crippen LogP contribution in [0.5, 0.6) is 0 Å². The number of hydrogen-bond acceptors (Lipinski definition) is 5. The lowest BCUT2D eigenvalue weighted by atomic mass is 10.1. The minimum absolute atomic E-state index is 0.134. The van der Waals surface area contributed by atoms with Crippen molar-refractivity contribution in [1.82, 2.24) is 14.5 Å². The highest BCUT2D eigenvalue weighted by molar-refractivity contribution is 7.89. The Bertz CT molecular complexity index is 1010. The van der Waals surface area contributed by atoms with Crippen molar-refractivity contribution in [2.24, 2.45) is 0 Å². The molecule has 2 aliphatic rings. The number of nitrogens with one attached hydrogen (secondary N) is 1. The maximum absolute atomic E-state index is 12.9. The lowest BCUT2D eigenvalue weighted by molar-refractivity contribution is 0.0730. The molecule has 31 heavy (non-hydrogen) atoms. The molecule has 0 aromatic heterocycles. The highest BCUT2D eigenvalue weighted by Crippen LogP contribution is 2.19. The van der Waals surface area contributed by atoms with Gasteiger partial charge in [0, 0.05) is 31.7 Å². The molecule has 0 bridgehead atoms. The van der Waals surface area contributed by atoms with Crippen LogP contribution >= 0.6 is 0 Å². The molecule has 2 saturated heterocycles. The van der Waals surface area contributed by atoms with E-state index in [1.807, 2.05) is 12.1 Å². The van der Waals surface area contributed by atoms with Crippen molar-refractivity contribution in [1.29, 1.82) is 0 Å². The molecule has 2 aliphatic heterocycles. The molecule has 1 amide bonds. The number of ether oxygens (including phenoxy) is 1. The Morgan fingerprint density at radius 3 is 2.42 bits per heavy atom. The predicted molar refractivity (Wildman–Crippen MR) is 118 cm³/mol. The molecular weight excluding hydrogens is 414 g/mol. The van der Waals surface area contributed by atoms with E-state index in [4.69, 9.17) is 4.74 Å². The highest BCUT2D eigenvalue weighted by atomic mass is 32.2. The maximum Gasteiger partial charge on any atom is 0.251 e. The standard InChI is InChI=1S/C23H29N3O4S/c27-23(24-17-19-5-3-6-20(15-19)18-25-9-1-2-10-25)21-7-4-8-22(16-21)31(28,29)26-11-13-30-14-12-26/h3-8,15-16H,1-2,9-14,17-18H2,(H,24,27). The number of amides is 1. The minimum atomic E-state index is -3.63. The van der Waals surface area contributed by atoms with Gasteiger partial charge in [0.25, 0.3) is 5.91 Å². The van der Waals surface area contributed by atoms with Gasteiger partial charge in [0.05, 0.1) is 18.1 Å². The molecule has 0 spiro atoms. The van der Waals surface area contributed by atoms with Crippen LogP contribution in [0, 0.1) is 0 Å². The van der Waals surface area contributed by atoms with Crippen LogP contribution in [0.2, 0.25) is 0 Å². The molecule has 0 saturated carbocycles. The van der Waals surface area contributed by atoms with Gasteiger partial charge in [-0.15, -0.1) is 0 Å². The quantitative estimate of drug-likeness (QED) is 0.710. The van der Waals surface area contributed by atoms with E-state index >= 15 is 0 Å². The second kappa shape index (κ2) is 9.91. The topological polar surface area (TPSA) is 79.0 Å². The second-order valence-corrected chi connectivity index (χ2v) is 9.97. The van der Waals surface area contributed by atoms with E-state index in [1.165, 1.54) is 34.8 Å². The van der Waals surface area contributed by atoms with Gasteiger partial charge in [-0.3, -0.25) is 9.69 Å². The normalized spacial score (nSPS) is 18.2. The van der Waals surface area contributed by atoms with Crippen molar-refractivity contribution in [3.63, 3.8) is 0 Å². The number of morpholine rings is 1. The summed E-state index contributed by atoms with van der Waals surface area (Å²) in [5.74, 6) is -0.288. The van der Waals surface area contributed by atoms with Gasteiger partial charge < -0.3 is 10.1 Å². The smallest absolute Gasteiger partial charge is 0.251 e. The lowest BCUT2D eigenvalue weighted by Crippen LogP contribution is -2.40. The Morgan fingerprint density at radius 1 is 0.935 bits per heavy atom. The minimum Gasteiger partial charge on any atom is -0.379 e. The molecule has 0 unspecified atom stereocenters. The van der Waals surface area contributed by atoms with E-state index in [2.05, 4.69) is 22.3 Å². The number of sulfonamides is 1. The lowest BCUT2D eigenvalue weighted by Gasteiger charge is -2.26. The van der Waals surface area contributed by atoms with Crippen molar-refractivity contribution >= 4 is 15.9 Å². The van der Waals surface area contributed by atoms with Crippen LogP contribution < -0.4 is 5.32 Å². The van der Waals surface area contributed by atoms with Crippen molar-refractivity contribution in [2.45, 2.75) is 30.8 Å². The molecule has 0 atom stereocenters. The summed E-state index contributed by atoms with van der Waals surface area (Å²) in [6.07, 6.45) is 2.52. The van der Waals surface area contributed by atoms with Crippen LogP contribution in [0.4, 0.5) is 0 Å². The fraction of sp³-hybridized carbons (Fsp3) is 0.435. The van der Waals surface area contributed by atoms with Gasteiger partial charge in [0.15, 0.2) is 0 Å². The van der Waals surface area contributed by atoms with Crippen molar-refractivity contribution < 1.29 is 17.9 Å². The second-order valence-electron chi connectivity index (χ2n) is 8.03. The molecule has 2 fully saturated rings. The van der Waals surface area contributed by atoms with Crippen LogP contribution in [0.15, 0.2) is 53.4 Å². The summed E-state index contributed by atoms with van der Waals surface area (Å²) in [6, 6.07) is 14.5. The third-order valence-corrected chi connectivity index (χ3v) is 7.65. The summed E-state index contributed by atoms with van der Waals surface area (Å²) >= 11 is 0. The van der Waals surface area contributed by atoms with Crippen molar-refractivity contribution in [3.8, 4) is 0 Å². The molecule has 7 nitrogen and oxygen atoms in total. The summed E-state index contributed by atoms with van der Waals surface area (Å²) in [7, 11) is -3.63. The Morgan fingerprint density at radius 2 is 1.65 bits per heavy atom. The number of benzene rings is 2. The molecule has 8 heteroatoms. The van der Waals surface area contributed by atoms with E-state index in [-0.39, 0.29) is 10.8 Å². The van der Waals surface area contributed by atoms with E-state index in [0.717, 1.165) is 25.2 Å². The first-order chi connectivity index (χ1) is 15.0. The Hall–Kier alpha value is -2.26. The maximum atomic E-state index is 12.9. The fourth-order valence-corrected chi connectivity index (χ4v) is 5.51. The molecular formula is C23H29N3O4S. The third-order valence-electron chi connectivity index (χ3n) is 5.75. The van der Waals surface area contributed by atoms with E-state index in [9.17, 15) is 13.2 Å². The zero-order valence-corrected chi connectivity index (χ0v) is 18.4. The zero-order chi connectivity index (χ0) is 21.7. The molecule has 0 aliphatic carbocycles. The largest absolute Gasteiger partial charge is 0.379 e. The fourth-order valence-electron chi connectivity index (χ4n) is 4.06. The summed E-state index contributed by atoms with van der Waals surface area (Å²) in [4.78, 5) is 15.3. The predicted octanol–water partition coefficient (Wildman–Crippen LogP) is 2.23. The molecule has 2 aromatic rings. The van der Waals surface area contributed by atoms with Gasteiger partial charge in [0.1, 0.15) is 0 Å². The Labute approximate surface area is 184 Å². The number of carbonyl (C=O) groups is 1. The zero-order valence-electron chi connectivity index (χ0n) is 17.6. The summed E-state index contributed by atoms with van der Waals surface area (Å²) in [6.45, 7) is 5.04. The van der Waals surface area contributed by atoms with E-state index < -0.39 is 10.0 Å². The van der Waals surface area contributed by atoms with E-state index in [1.54, 1.807) is 12.1 Å². The van der Waals surface area contributed by atoms with Gasteiger partial charge in [-0.25, -0.2) is 8.42 Å². The van der Waals surface area contributed by atoms with Crippen LogP contribution in [-0.2, 0) is 27.8 Å². The van der Waals surface area contributed by atoms with Crippen molar-refractivity contribution in [3.05, 3.63) is 65.2 Å². The molecule has 2 aromatic carbocycles. The number of hydrogen-bond donors (Lipinski definition) is 1. The number of nitrogens with zero attached hydrogens (tertiary/aromatic N) is 2. The van der Waals surface area contributed by atoms with Crippen LogP contribution in [0.3, 0.4) is 0 Å². The number of carbonyl (C=O) groups excluding carboxylic acids is 1. The third kappa shape index (κ3) is 5.51. The summed E-state index contributed by atoms with van der Waals surface area (Å²) < 4.78 is 32.4. The first kappa shape index (κ1) is 22.0. The van der Waals surface area contributed by atoms with Crippen LogP contribution in [0.1, 0.15) is 34.3 Å². The Kier molecular flexibility index (Phi) is 7.02. The first-order valence-corrected chi connectivity index (χ1v) is 12.2. The average Bonchev–Trinajstić information content (AvgIpc) is 3.31. The van der Waals surface area contributed by atoms with Gasteiger partial charge >= 0.3 is 0 Å². The molecule has 2 heterocycles. The monoisotopic (exact) mass is 443 g/mol. The molecule has 1 N–H and O–H groups in total. The molecule has 0 radical (unpaired) electrons. The van der Waals surface area contributed by atoms with Gasteiger partial charge in [-0.05, 0) is 55.3 Å². The SMILES string of the molecule is O=C(NCc1cccc(CN2CCCC2)c1)c1cccc(S(=O)(=O)N2CCOCC2)c1. The molecule has 166 valence electrons.